The normalized spacial score (nSPS) is 15.1. The quantitative estimate of drug-likeness (QED) is 0.527. The number of aliphatic hydroxyl groups is 1. The van der Waals surface area contributed by atoms with Crippen LogP contribution in [0.5, 0.6) is 5.88 Å². The van der Waals surface area contributed by atoms with E-state index in [0.29, 0.717) is 24.1 Å². The molecule has 3 aromatic rings. The molecule has 4 bridgehead atoms. The van der Waals surface area contributed by atoms with Crippen LogP contribution in [0.2, 0.25) is 0 Å². The van der Waals surface area contributed by atoms with Gasteiger partial charge in [0.2, 0.25) is 5.88 Å². The SMILES string of the molecule is O=C1Nc2cn(CCO)nc2C(=O)NCCOCCOc2cc(ccn2)-c2nc1cs2. The van der Waals surface area contributed by atoms with Gasteiger partial charge in [0.25, 0.3) is 11.8 Å². The molecular weight excluding hydrogens is 424 g/mol. The lowest BCUT2D eigenvalue weighted by molar-refractivity contribution is 0.0858. The van der Waals surface area contributed by atoms with Crippen molar-refractivity contribution >= 4 is 28.8 Å². The summed E-state index contributed by atoms with van der Waals surface area (Å²) in [4.78, 5) is 33.9. The zero-order valence-corrected chi connectivity index (χ0v) is 17.2. The number of amides is 2. The molecule has 1 aliphatic heterocycles. The molecule has 4 heterocycles. The van der Waals surface area contributed by atoms with E-state index in [-0.39, 0.29) is 43.4 Å². The van der Waals surface area contributed by atoms with Gasteiger partial charge in [-0.2, -0.15) is 5.10 Å². The maximum absolute atomic E-state index is 12.8. The van der Waals surface area contributed by atoms with E-state index in [1.165, 1.54) is 22.2 Å². The Morgan fingerprint density at radius 1 is 1.23 bits per heavy atom. The summed E-state index contributed by atoms with van der Waals surface area (Å²) in [7, 11) is 0. The lowest BCUT2D eigenvalue weighted by atomic mass is 10.3. The first-order valence-electron chi connectivity index (χ1n) is 9.54. The van der Waals surface area contributed by atoms with Crippen LogP contribution in [0.1, 0.15) is 21.0 Å². The summed E-state index contributed by atoms with van der Waals surface area (Å²) in [5.41, 5.74) is 1.24. The molecule has 4 rings (SSSR count). The van der Waals surface area contributed by atoms with E-state index < -0.39 is 11.8 Å². The number of aliphatic hydroxyl groups excluding tert-OH is 1. The van der Waals surface area contributed by atoms with Gasteiger partial charge < -0.3 is 25.2 Å². The third-order valence-electron chi connectivity index (χ3n) is 4.28. The number of ether oxygens (including phenoxy) is 2. The predicted octanol–water partition coefficient (Wildman–Crippen LogP) is 0.785. The Balaban J connectivity index is 1.64. The second kappa shape index (κ2) is 9.64. The van der Waals surface area contributed by atoms with Crippen molar-refractivity contribution in [1.29, 1.82) is 0 Å². The zero-order chi connectivity index (χ0) is 21.6. The lowest BCUT2D eigenvalue weighted by Crippen LogP contribution is -2.29. The van der Waals surface area contributed by atoms with Crippen LogP contribution in [-0.2, 0) is 11.3 Å². The highest BCUT2D eigenvalue weighted by Crippen LogP contribution is 2.26. The third kappa shape index (κ3) is 5.05. The van der Waals surface area contributed by atoms with Crippen LogP contribution < -0.4 is 15.4 Å². The summed E-state index contributed by atoms with van der Waals surface area (Å²) >= 11 is 1.30. The number of anilines is 1. The van der Waals surface area contributed by atoms with Crippen molar-refractivity contribution in [2.24, 2.45) is 0 Å². The fourth-order valence-electron chi connectivity index (χ4n) is 2.84. The maximum atomic E-state index is 12.8. The van der Waals surface area contributed by atoms with Gasteiger partial charge in [-0.1, -0.05) is 0 Å². The highest BCUT2D eigenvalue weighted by Gasteiger charge is 2.21. The number of carbonyl (C=O) groups is 2. The van der Waals surface area contributed by atoms with E-state index in [1.807, 2.05) is 0 Å². The number of nitrogens with one attached hydrogen (secondary N) is 2. The molecule has 12 heteroatoms. The summed E-state index contributed by atoms with van der Waals surface area (Å²) in [5, 5.41) is 21.0. The van der Waals surface area contributed by atoms with Gasteiger partial charge in [-0.05, 0) is 6.07 Å². The van der Waals surface area contributed by atoms with Gasteiger partial charge in [-0.15, -0.1) is 11.3 Å². The molecule has 0 fully saturated rings. The molecule has 3 aromatic heterocycles. The molecule has 0 atom stereocenters. The minimum Gasteiger partial charge on any atom is -0.475 e. The molecule has 0 radical (unpaired) electrons. The van der Waals surface area contributed by atoms with E-state index in [9.17, 15) is 9.59 Å². The fraction of sp³-hybridized carbons (Fsp3) is 0.316. The Kier molecular flexibility index (Phi) is 6.50. The van der Waals surface area contributed by atoms with Crippen LogP contribution in [0.25, 0.3) is 10.6 Å². The topological polar surface area (TPSA) is 140 Å². The average Bonchev–Trinajstić information content (AvgIpc) is 3.40. The first-order valence-corrected chi connectivity index (χ1v) is 10.4. The largest absolute Gasteiger partial charge is 0.475 e. The van der Waals surface area contributed by atoms with E-state index >= 15 is 0 Å². The zero-order valence-electron chi connectivity index (χ0n) is 16.4. The molecule has 31 heavy (non-hydrogen) atoms. The Morgan fingerprint density at radius 2 is 2.13 bits per heavy atom. The van der Waals surface area contributed by atoms with Crippen molar-refractivity contribution in [3.63, 3.8) is 0 Å². The summed E-state index contributed by atoms with van der Waals surface area (Å²) < 4.78 is 12.5. The summed E-state index contributed by atoms with van der Waals surface area (Å²) in [6.07, 6.45) is 3.11. The Morgan fingerprint density at radius 3 is 3.00 bits per heavy atom. The van der Waals surface area contributed by atoms with Crippen LogP contribution in [0.15, 0.2) is 29.9 Å². The lowest BCUT2D eigenvalue weighted by Gasteiger charge is -2.09. The smallest absolute Gasteiger partial charge is 0.275 e. The third-order valence-corrected chi connectivity index (χ3v) is 5.17. The molecule has 0 saturated carbocycles. The van der Waals surface area contributed by atoms with Crippen LogP contribution in [-0.4, -0.2) is 69.6 Å². The number of rotatable bonds is 2. The van der Waals surface area contributed by atoms with Crippen molar-refractivity contribution in [2.75, 3.05) is 38.3 Å². The molecule has 2 amide bonds. The Labute approximate surface area is 181 Å². The Hall–Kier alpha value is -3.35. The number of hydrogen-bond acceptors (Lipinski definition) is 9. The van der Waals surface area contributed by atoms with Gasteiger partial charge in [0.05, 0.1) is 32.1 Å². The summed E-state index contributed by atoms with van der Waals surface area (Å²) in [6.45, 7) is 1.19. The van der Waals surface area contributed by atoms with E-state index in [0.717, 1.165) is 5.56 Å². The van der Waals surface area contributed by atoms with Crippen molar-refractivity contribution in [3.8, 4) is 16.5 Å². The fourth-order valence-corrected chi connectivity index (χ4v) is 3.64. The molecule has 0 saturated heterocycles. The number of aromatic nitrogens is 4. The Bertz CT molecular complexity index is 1080. The number of fused-ring (bicyclic) bond motifs is 6. The molecule has 0 unspecified atom stereocenters. The summed E-state index contributed by atoms with van der Waals surface area (Å²) in [5.74, 6) is -0.515. The molecule has 0 spiro atoms. The van der Waals surface area contributed by atoms with Crippen LogP contribution in [0, 0.1) is 0 Å². The van der Waals surface area contributed by atoms with E-state index in [2.05, 4.69) is 25.7 Å². The van der Waals surface area contributed by atoms with Gasteiger partial charge in [-0.25, -0.2) is 9.97 Å². The number of carbonyl (C=O) groups excluding carboxylic acids is 2. The highest BCUT2D eigenvalue weighted by molar-refractivity contribution is 7.13. The molecule has 11 nitrogen and oxygen atoms in total. The van der Waals surface area contributed by atoms with Crippen molar-refractivity contribution < 1.29 is 24.2 Å². The first kappa shape index (κ1) is 20.9. The van der Waals surface area contributed by atoms with E-state index in [1.54, 1.807) is 23.7 Å². The molecule has 1 aliphatic rings. The minimum atomic E-state index is -0.477. The van der Waals surface area contributed by atoms with Crippen molar-refractivity contribution in [1.82, 2.24) is 25.1 Å². The standard InChI is InChI=1S/C19H20N6O5S/c26-5-4-25-10-13-16(24-25)18(28)21-3-6-29-7-8-30-15-9-12(1-2-20-15)19-23-14(11-31-19)17(27)22-13/h1-2,9-11,26H,3-8H2,(H,21,28)(H,22,27). The van der Waals surface area contributed by atoms with Crippen LogP contribution >= 0.6 is 11.3 Å². The second-order valence-corrected chi connectivity index (χ2v) is 7.33. The summed E-state index contributed by atoms with van der Waals surface area (Å²) in [6, 6.07) is 3.53. The molecule has 0 aromatic carbocycles. The number of thiazole rings is 1. The predicted molar refractivity (Wildman–Crippen MR) is 111 cm³/mol. The van der Waals surface area contributed by atoms with Gasteiger partial charge in [0.1, 0.15) is 17.3 Å². The van der Waals surface area contributed by atoms with Crippen molar-refractivity contribution in [2.45, 2.75) is 6.54 Å². The maximum Gasteiger partial charge on any atom is 0.275 e. The van der Waals surface area contributed by atoms with Gasteiger partial charge in [-0.3, -0.25) is 14.3 Å². The average molecular weight is 444 g/mol. The number of hydrogen-bond donors (Lipinski definition) is 3. The van der Waals surface area contributed by atoms with Crippen LogP contribution in [0.3, 0.4) is 0 Å². The number of nitrogens with zero attached hydrogens (tertiary/aromatic N) is 4. The molecule has 3 N–H and O–H groups in total. The van der Waals surface area contributed by atoms with E-state index in [4.69, 9.17) is 14.6 Å². The van der Waals surface area contributed by atoms with Crippen molar-refractivity contribution in [3.05, 3.63) is 41.3 Å². The van der Waals surface area contributed by atoms with Crippen LogP contribution in [0.4, 0.5) is 5.69 Å². The monoisotopic (exact) mass is 444 g/mol. The minimum absolute atomic E-state index is 0.0421. The first-order chi connectivity index (χ1) is 15.1. The van der Waals surface area contributed by atoms with Gasteiger partial charge in [0.15, 0.2) is 5.69 Å². The number of pyridine rings is 1. The molecule has 162 valence electrons. The van der Waals surface area contributed by atoms with Gasteiger partial charge >= 0.3 is 0 Å². The highest BCUT2D eigenvalue weighted by atomic mass is 32.1. The molecule has 0 aliphatic carbocycles. The second-order valence-electron chi connectivity index (χ2n) is 6.47. The molecular formula is C19H20N6O5S. The van der Waals surface area contributed by atoms with Gasteiger partial charge in [0, 0.05) is 35.9 Å².